The summed E-state index contributed by atoms with van der Waals surface area (Å²) in [5, 5.41) is 13.5. The second kappa shape index (κ2) is 4.09. The first-order valence-corrected chi connectivity index (χ1v) is 5.22. The SMILES string of the molecule is Cc1nn(C)c(C)c1Cn1cncc1CO. The average molecular weight is 220 g/mol. The van der Waals surface area contributed by atoms with Crippen molar-refractivity contribution in [3.63, 3.8) is 0 Å². The lowest BCUT2D eigenvalue weighted by atomic mass is 10.2. The molecule has 0 radical (unpaired) electrons. The van der Waals surface area contributed by atoms with Gasteiger partial charge in [-0.1, -0.05) is 0 Å². The van der Waals surface area contributed by atoms with E-state index in [2.05, 4.69) is 10.1 Å². The van der Waals surface area contributed by atoms with Crippen LogP contribution in [-0.4, -0.2) is 24.4 Å². The molecule has 86 valence electrons. The van der Waals surface area contributed by atoms with Crippen molar-refractivity contribution in [2.45, 2.75) is 27.0 Å². The van der Waals surface area contributed by atoms with E-state index < -0.39 is 0 Å². The number of rotatable bonds is 3. The number of imidazole rings is 1. The van der Waals surface area contributed by atoms with Crippen molar-refractivity contribution in [1.29, 1.82) is 0 Å². The molecule has 0 atom stereocenters. The minimum absolute atomic E-state index is 0.0123. The van der Waals surface area contributed by atoms with E-state index in [4.69, 9.17) is 5.11 Å². The molecule has 0 bridgehead atoms. The van der Waals surface area contributed by atoms with E-state index in [-0.39, 0.29) is 6.61 Å². The zero-order chi connectivity index (χ0) is 11.7. The Morgan fingerprint density at radius 3 is 2.69 bits per heavy atom. The molecule has 0 unspecified atom stereocenters. The van der Waals surface area contributed by atoms with Gasteiger partial charge in [-0.05, 0) is 13.8 Å². The molecule has 2 aromatic heterocycles. The molecule has 16 heavy (non-hydrogen) atoms. The second-order valence-electron chi connectivity index (χ2n) is 3.94. The summed E-state index contributed by atoms with van der Waals surface area (Å²) in [6, 6.07) is 0. The van der Waals surface area contributed by atoms with E-state index in [0.717, 1.165) is 17.1 Å². The van der Waals surface area contributed by atoms with Crippen LogP contribution < -0.4 is 0 Å². The summed E-state index contributed by atoms with van der Waals surface area (Å²) >= 11 is 0. The zero-order valence-corrected chi connectivity index (χ0v) is 9.80. The Labute approximate surface area is 94.4 Å². The van der Waals surface area contributed by atoms with Crippen LogP contribution in [0.2, 0.25) is 0 Å². The standard InChI is InChI=1S/C11H16N4O/c1-8-11(9(2)14(3)13-8)5-15-7-12-4-10(15)6-16/h4,7,16H,5-6H2,1-3H3. The second-order valence-corrected chi connectivity index (χ2v) is 3.94. The lowest BCUT2D eigenvalue weighted by molar-refractivity contribution is 0.271. The molecule has 0 saturated heterocycles. The Morgan fingerprint density at radius 1 is 1.38 bits per heavy atom. The van der Waals surface area contributed by atoms with Crippen LogP contribution in [0.1, 0.15) is 22.6 Å². The van der Waals surface area contributed by atoms with E-state index in [1.165, 1.54) is 5.56 Å². The van der Waals surface area contributed by atoms with Gasteiger partial charge in [0.2, 0.25) is 0 Å². The number of hydrogen-bond acceptors (Lipinski definition) is 3. The first-order chi connectivity index (χ1) is 7.63. The van der Waals surface area contributed by atoms with Crippen LogP contribution in [0.4, 0.5) is 0 Å². The average Bonchev–Trinajstić information content (AvgIpc) is 2.79. The van der Waals surface area contributed by atoms with Gasteiger partial charge in [0.05, 0.1) is 37.1 Å². The first kappa shape index (κ1) is 10.9. The smallest absolute Gasteiger partial charge is 0.0952 e. The van der Waals surface area contributed by atoms with Crippen molar-refractivity contribution in [1.82, 2.24) is 19.3 Å². The third-order valence-corrected chi connectivity index (χ3v) is 2.95. The van der Waals surface area contributed by atoms with Crippen molar-refractivity contribution in [3.8, 4) is 0 Å². The van der Waals surface area contributed by atoms with Gasteiger partial charge < -0.3 is 9.67 Å². The number of aliphatic hydroxyl groups excluding tert-OH is 1. The highest BCUT2D eigenvalue weighted by atomic mass is 16.3. The van der Waals surface area contributed by atoms with Gasteiger partial charge in [-0.3, -0.25) is 4.68 Å². The molecule has 0 fully saturated rings. The van der Waals surface area contributed by atoms with Gasteiger partial charge in [-0.25, -0.2) is 4.98 Å². The number of aromatic nitrogens is 4. The van der Waals surface area contributed by atoms with Crippen LogP contribution in [0, 0.1) is 13.8 Å². The highest BCUT2D eigenvalue weighted by molar-refractivity contribution is 5.25. The summed E-state index contributed by atoms with van der Waals surface area (Å²) in [5.41, 5.74) is 4.19. The number of nitrogens with zero attached hydrogens (tertiary/aromatic N) is 4. The van der Waals surface area contributed by atoms with Crippen LogP contribution in [-0.2, 0) is 20.2 Å². The van der Waals surface area contributed by atoms with Crippen molar-refractivity contribution >= 4 is 0 Å². The maximum absolute atomic E-state index is 9.15. The maximum atomic E-state index is 9.15. The van der Waals surface area contributed by atoms with Crippen LogP contribution in [0.15, 0.2) is 12.5 Å². The summed E-state index contributed by atoms with van der Waals surface area (Å²) in [7, 11) is 1.94. The van der Waals surface area contributed by atoms with Gasteiger partial charge in [-0.15, -0.1) is 0 Å². The maximum Gasteiger partial charge on any atom is 0.0952 e. The van der Waals surface area contributed by atoms with Crippen molar-refractivity contribution in [3.05, 3.63) is 35.2 Å². The Balaban J connectivity index is 2.34. The number of aryl methyl sites for hydroxylation is 2. The minimum Gasteiger partial charge on any atom is -0.390 e. The third kappa shape index (κ3) is 1.74. The highest BCUT2D eigenvalue weighted by Gasteiger charge is 2.11. The lowest BCUT2D eigenvalue weighted by Crippen LogP contribution is -2.05. The van der Waals surface area contributed by atoms with E-state index in [1.807, 2.05) is 30.1 Å². The zero-order valence-electron chi connectivity index (χ0n) is 9.80. The molecule has 2 heterocycles. The molecule has 0 aromatic carbocycles. The van der Waals surface area contributed by atoms with Gasteiger partial charge in [0.1, 0.15) is 0 Å². The molecule has 0 saturated carbocycles. The van der Waals surface area contributed by atoms with Gasteiger partial charge in [0.25, 0.3) is 0 Å². The molecule has 0 aliphatic carbocycles. The normalized spacial score (nSPS) is 11.0. The molecule has 5 heteroatoms. The Hall–Kier alpha value is -1.62. The highest BCUT2D eigenvalue weighted by Crippen LogP contribution is 2.14. The summed E-state index contributed by atoms with van der Waals surface area (Å²) in [6.45, 7) is 4.77. The molecular weight excluding hydrogens is 204 g/mol. The molecule has 5 nitrogen and oxygen atoms in total. The first-order valence-electron chi connectivity index (χ1n) is 5.22. The largest absolute Gasteiger partial charge is 0.390 e. The van der Waals surface area contributed by atoms with Crippen LogP contribution in [0.5, 0.6) is 0 Å². The van der Waals surface area contributed by atoms with Gasteiger partial charge in [-0.2, -0.15) is 5.10 Å². The molecule has 1 N–H and O–H groups in total. The summed E-state index contributed by atoms with van der Waals surface area (Å²) in [5.74, 6) is 0. The van der Waals surface area contributed by atoms with Crippen LogP contribution >= 0.6 is 0 Å². The molecule has 0 aliphatic heterocycles. The Morgan fingerprint density at radius 2 is 2.12 bits per heavy atom. The summed E-state index contributed by atoms with van der Waals surface area (Å²) in [4.78, 5) is 4.03. The predicted octanol–water partition coefficient (Wildman–Crippen LogP) is 0.774. The molecule has 2 rings (SSSR count). The molecular formula is C11H16N4O. The number of hydrogen-bond donors (Lipinski definition) is 1. The Kier molecular flexibility index (Phi) is 2.78. The monoisotopic (exact) mass is 220 g/mol. The Bertz CT molecular complexity index is 498. The fourth-order valence-corrected chi connectivity index (χ4v) is 1.84. The van der Waals surface area contributed by atoms with Gasteiger partial charge >= 0.3 is 0 Å². The van der Waals surface area contributed by atoms with Crippen LogP contribution in [0.3, 0.4) is 0 Å². The summed E-state index contributed by atoms with van der Waals surface area (Å²) < 4.78 is 3.82. The lowest BCUT2D eigenvalue weighted by Gasteiger charge is -2.06. The van der Waals surface area contributed by atoms with Crippen molar-refractivity contribution < 1.29 is 5.11 Å². The predicted molar refractivity (Wildman–Crippen MR) is 59.9 cm³/mol. The van der Waals surface area contributed by atoms with Crippen molar-refractivity contribution in [2.75, 3.05) is 0 Å². The van der Waals surface area contributed by atoms with E-state index in [0.29, 0.717) is 6.54 Å². The molecule has 0 aliphatic rings. The van der Waals surface area contributed by atoms with E-state index >= 15 is 0 Å². The molecule has 0 amide bonds. The van der Waals surface area contributed by atoms with E-state index in [9.17, 15) is 0 Å². The number of aliphatic hydroxyl groups is 1. The third-order valence-electron chi connectivity index (χ3n) is 2.95. The fourth-order valence-electron chi connectivity index (χ4n) is 1.84. The van der Waals surface area contributed by atoms with Crippen LogP contribution in [0.25, 0.3) is 0 Å². The van der Waals surface area contributed by atoms with E-state index in [1.54, 1.807) is 12.5 Å². The summed E-state index contributed by atoms with van der Waals surface area (Å²) in [6.07, 6.45) is 3.42. The molecule has 0 spiro atoms. The van der Waals surface area contributed by atoms with Crippen molar-refractivity contribution in [2.24, 2.45) is 7.05 Å². The fraction of sp³-hybridized carbons (Fsp3) is 0.455. The topological polar surface area (TPSA) is 55.9 Å². The quantitative estimate of drug-likeness (QED) is 0.831. The molecule has 2 aromatic rings. The minimum atomic E-state index is 0.0123. The van der Waals surface area contributed by atoms with Gasteiger partial charge in [0, 0.05) is 18.3 Å². The van der Waals surface area contributed by atoms with Gasteiger partial charge in [0.15, 0.2) is 0 Å².